The fourth-order valence-electron chi connectivity index (χ4n) is 7.28. The van der Waals surface area contributed by atoms with Crippen molar-refractivity contribution < 1.29 is 0 Å². The number of benzene rings is 5. The maximum atomic E-state index is 5.49. The molecule has 0 amide bonds. The number of para-hydroxylation sites is 5. The van der Waals surface area contributed by atoms with E-state index in [0.29, 0.717) is 0 Å². The molecule has 0 aliphatic heterocycles. The van der Waals surface area contributed by atoms with Gasteiger partial charge >= 0.3 is 0 Å². The lowest BCUT2D eigenvalue weighted by Gasteiger charge is -2.16. The van der Waals surface area contributed by atoms with E-state index in [1.807, 2.05) is 12.4 Å². The van der Waals surface area contributed by atoms with Crippen LogP contribution >= 0.6 is 0 Å². The van der Waals surface area contributed by atoms with Gasteiger partial charge in [0.2, 0.25) is 0 Å². The zero-order valence-electron chi connectivity index (χ0n) is 24.2. The zero-order valence-corrected chi connectivity index (χ0v) is 24.2. The average Bonchev–Trinajstić information content (AvgIpc) is 3.74. The predicted octanol–water partition coefficient (Wildman–Crippen LogP) is 9.77. The van der Waals surface area contributed by atoms with E-state index < -0.39 is 0 Å². The van der Waals surface area contributed by atoms with Gasteiger partial charge in [-0.3, -0.25) is 14.1 Å². The SMILES string of the molecule is c1ccc2c(c1)c1ccncc1n2-c1cc(-n2c3ccccc3c3ccccc32)nc(-n2c3ccccc3c3ccccc32)c1. The summed E-state index contributed by atoms with van der Waals surface area (Å²) < 4.78 is 6.93. The minimum atomic E-state index is 0.858. The van der Waals surface area contributed by atoms with Gasteiger partial charge in [0, 0.05) is 50.6 Å². The third-order valence-corrected chi connectivity index (χ3v) is 9.14. The van der Waals surface area contributed by atoms with E-state index in [-0.39, 0.29) is 0 Å². The first-order chi connectivity index (χ1) is 22.3. The van der Waals surface area contributed by atoms with Crippen LogP contribution in [0.15, 0.2) is 152 Å². The third-order valence-electron chi connectivity index (χ3n) is 9.14. The fraction of sp³-hybridized carbons (Fsp3) is 0. The lowest BCUT2D eigenvalue weighted by Crippen LogP contribution is -2.06. The molecule has 5 heteroatoms. The summed E-state index contributed by atoms with van der Waals surface area (Å²) >= 11 is 0. The van der Waals surface area contributed by atoms with E-state index in [2.05, 4.69) is 158 Å². The molecule has 0 radical (unpaired) electrons. The van der Waals surface area contributed by atoms with Gasteiger partial charge in [-0.1, -0.05) is 91.0 Å². The average molecular weight is 576 g/mol. The summed E-state index contributed by atoms with van der Waals surface area (Å²) in [6.07, 6.45) is 3.84. The molecule has 210 valence electrons. The van der Waals surface area contributed by atoms with Gasteiger partial charge in [-0.25, -0.2) is 4.98 Å². The van der Waals surface area contributed by atoms with Gasteiger partial charge in [0.25, 0.3) is 0 Å². The van der Waals surface area contributed by atoms with Gasteiger partial charge in [0.15, 0.2) is 0 Å². The van der Waals surface area contributed by atoms with Crippen molar-refractivity contribution in [3.63, 3.8) is 0 Å². The Kier molecular flexibility index (Phi) is 4.93. The summed E-state index contributed by atoms with van der Waals surface area (Å²) in [6, 6.07) is 49.5. The van der Waals surface area contributed by atoms with E-state index in [9.17, 15) is 0 Å². The molecule has 10 aromatic rings. The van der Waals surface area contributed by atoms with Crippen molar-refractivity contribution >= 4 is 65.4 Å². The van der Waals surface area contributed by atoms with Crippen molar-refractivity contribution in [1.82, 2.24) is 23.7 Å². The summed E-state index contributed by atoms with van der Waals surface area (Å²) in [6.45, 7) is 0. The number of aromatic nitrogens is 5. The summed E-state index contributed by atoms with van der Waals surface area (Å²) in [5.74, 6) is 1.72. The first-order valence-corrected chi connectivity index (χ1v) is 15.2. The molecular formula is C40H25N5. The molecule has 5 aromatic carbocycles. The standard InChI is InChI=1S/C40H25N5/c1-6-16-33-31(15-1)32-21-22-41-25-38(32)43(33)26-23-39(44-34-17-7-2-11-27(34)28-12-3-8-18-35(28)44)42-40(24-26)45-36-19-9-4-13-29(36)30-14-5-10-20-37(30)45/h1-25H. The Balaban J connectivity index is 1.38. The van der Waals surface area contributed by atoms with Gasteiger partial charge in [-0.15, -0.1) is 0 Å². The van der Waals surface area contributed by atoms with Crippen LogP contribution in [0.3, 0.4) is 0 Å². The van der Waals surface area contributed by atoms with Crippen molar-refractivity contribution in [2.75, 3.05) is 0 Å². The van der Waals surface area contributed by atoms with E-state index >= 15 is 0 Å². The molecule has 0 aliphatic carbocycles. The Hall–Kier alpha value is -6.20. The van der Waals surface area contributed by atoms with Crippen molar-refractivity contribution in [3.05, 3.63) is 152 Å². The van der Waals surface area contributed by atoms with E-state index in [1.165, 1.54) is 32.3 Å². The molecule has 0 N–H and O–H groups in total. The highest BCUT2D eigenvalue weighted by Gasteiger charge is 2.20. The van der Waals surface area contributed by atoms with Gasteiger partial charge in [-0.05, 0) is 36.4 Å². The second kappa shape index (κ2) is 9.15. The number of hydrogen-bond donors (Lipinski definition) is 0. The molecule has 5 nitrogen and oxygen atoms in total. The molecule has 45 heavy (non-hydrogen) atoms. The highest BCUT2D eigenvalue weighted by atomic mass is 15.1. The molecule has 5 aromatic heterocycles. The van der Waals surface area contributed by atoms with E-state index in [1.54, 1.807) is 0 Å². The molecule has 0 atom stereocenters. The van der Waals surface area contributed by atoms with Crippen LogP contribution in [0.4, 0.5) is 0 Å². The number of nitrogens with zero attached hydrogens (tertiary/aromatic N) is 5. The van der Waals surface area contributed by atoms with Crippen molar-refractivity contribution in [2.24, 2.45) is 0 Å². The van der Waals surface area contributed by atoms with Gasteiger partial charge in [-0.2, -0.15) is 0 Å². The van der Waals surface area contributed by atoms with Crippen molar-refractivity contribution in [1.29, 1.82) is 0 Å². The molecule has 0 bridgehead atoms. The van der Waals surface area contributed by atoms with Crippen LogP contribution in [0, 0.1) is 0 Å². The smallest absolute Gasteiger partial charge is 0.142 e. The second-order valence-corrected chi connectivity index (χ2v) is 11.5. The van der Waals surface area contributed by atoms with Crippen molar-refractivity contribution in [2.45, 2.75) is 0 Å². The van der Waals surface area contributed by atoms with E-state index in [0.717, 1.165) is 50.4 Å². The Morgan fingerprint density at radius 2 is 0.711 bits per heavy atom. The number of hydrogen-bond acceptors (Lipinski definition) is 2. The summed E-state index contributed by atoms with van der Waals surface area (Å²) in [7, 11) is 0. The third kappa shape index (κ3) is 3.38. The quantitative estimate of drug-likeness (QED) is 0.210. The number of pyridine rings is 2. The lowest BCUT2D eigenvalue weighted by atomic mass is 10.2. The number of rotatable bonds is 3. The molecule has 0 saturated carbocycles. The Morgan fingerprint density at radius 3 is 1.13 bits per heavy atom. The minimum absolute atomic E-state index is 0.858. The maximum absolute atomic E-state index is 5.49. The maximum Gasteiger partial charge on any atom is 0.142 e. The number of fused-ring (bicyclic) bond motifs is 9. The summed E-state index contributed by atoms with van der Waals surface area (Å²) in [4.78, 5) is 10.0. The lowest BCUT2D eigenvalue weighted by molar-refractivity contribution is 0.997. The van der Waals surface area contributed by atoms with Crippen LogP contribution in [0.1, 0.15) is 0 Å². The first kappa shape index (κ1) is 24.3. The normalized spacial score (nSPS) is 12.0. The largest absolute Gasteiger partial charge is 0.307 e. The second-order valence-electron chi connectivity index (χ2n) is 11.5. The Bertz CT molecular complexity index is 2300. The molecule has 0 fully saturated rings. The van der Waals surface area contributed by atoms with E-state index in [4.69, 9.17) is 4.98 Å². The van der Waals surface area contributed by atoms with Gasteiger partial charge < -0.3 is 4.57 Å². The molecule has 0 unspecified atom stereocenters. The fourth-order valence-corrected chi connectivity index (χ4v) is 7.28. The molecular weight excluding hydrogens is 550 g/mol. The molecule has 0 saturated heterocycles. The summed E-state index contributed by atoms with van der Waals surface area (Å²) in [5.41, 5.74) is 7.72. The summed E-state index contributed by atoms with van der Waals surface area (Å²) in [5, 5.41) is 7.21. The highest BCUT2D eigenvalue weighted by molar-refractivity contribution is 6.11. The highest BCUT2D eigenvalue weighted by Crippen LogP contribution is 2.37. The predicted molar refractivity (Wildman–Crippen MR) is 185 cm³/mol. The first-order valence-electron chi connectivity index (χ1n) is 15.2. The Labute approximate surface area is 257 Å². The Morgan fingerprint density at radius 1 is 0.356 bits per heavy atom. The molecule has 0 spiro atoms. The monoisotopic (exact) mass is 575 g/mol. The molecule has 5 heterocycles. The van der Waals surface area contributed by atoms with Gasteiger partial charge in [0.1, 0.15) is 11.6 Å². The van der Waals surface area contributed by atoms with Crippen LogP contribution in [-0.4, -0.2) is 23.7 Å². The molecule has 10 rings (SSSR count). The van der Waals surface area contributed by atoms with Crippen LogP contribution in [-0.2, 0) is 0 Å². The topological polar surface area (TPSA) is 40.6 Å². The van der Waals surface area contributed by atoms with Crippen molar-refractivity contribution in [3.8, 4) is 17.3 Å². The minimum Gasteiger partial charge on any atom is -0.307 e. The van der Waals surface area contributed by atoms with Crippen LogP contribution < -0.4 is 0 Å². The zero-order chi connectivity index (χ0) is 29.5. The van der Waals surface area contributed by atoms with Crippen LogP contribution in [0.5, 0.6) is 0 Å². The van der Waals surface area contributed by atoms with Gasteiger partial charge in [0.05, 0.1) is 45.0 Å². The van der Waals surface area contributed by atoms with Crippen LogP contribution in [0.25, 0.3) is 82.7 Å². The molecule has 0 aliphatic rings. The van der Waals surface area contributed by atoms with Crippen LogP contribution in [0.2, 0.25) is 0 Å².